The predicted octanol–water partition coefficient (Wildman–Crippen LogP) is 0.741. The lowest BCUT2D eigenvalue weighted by molar-refractivity contribution is -0.127. The molecule has 0 saturated heterocycles. The maximum absolute atomic E-state index is 11.4. The zero-order valence-corrected chi connectivity index (χ0v) is 9.54. The molecule has 0 aromatic carbocycles. The Bertz CT molecular complexity index is 311. The average molecular weight is 213 g/mol. The van der Waals surface area contributed by atoms with Gasteiger partial charge in [-0.05, 0) is 6.26 Å². The van der Waals surface area contributed by atoms with Crippen molar-refractivity contribution in [3.63, 3.8) is 0 Å². The van der Waals surface area contributed by atoms with E-state index in [1.807, 2.05) is 26.5 Å². The van der Waals surface area contributed by atoms with Crippen LogP contribution in [0.4, 0.5) is 0 Å². The molecule has 0 saturated carbocycles. The van der Waals surface area contributed by atoms with Gasteiger partial charge in [-0.2, -0.15) is 16.9 Å². The van der Waals surface area contributed by atoms with E-state index in [1.165, 1.54) is 0 Å². The number of hydrogen-bond acceptors (Lipinski definition) is 3. The van der Waals surface area contributed by atoms with Crippen molar-refractivity contribution in [1.82, 2.24) is 14.7 Å². The molecule has 1 aromatic rings. The number of hydrogen-bond donors (Lipinski definition) is 0. The molecule has 0 aliphatic carbocycles. The van der Waals surface area contributed by atoms with E-state index in [0.717, 1.165) is 5.56 Å². The molecular formula is C9H15N3OS. The summed E-state index contributed by atoms with van der Waals surface area (Å²) in [5, 5.41) is 4.05. The predicted molar refractivity (Wildman–Crippen MR) is 58.1 cm³/mol. The Morgan fingerprint density at radius 3 is 2.93 bits per heavy atom. The smallest absolute Gasteiger partial charge is 0.232 e. The highest BCUT2D eigenvalue weighted by molar-refractivity contribution is 7.99. The molecule has 14 heavy (non-hydrogen) atoms. The van der Waals surface area contributed by atoms with Gasteiger partial charge in [-0.25, -0.2) is 0 Å². The summed E-state index contributed by atoms with van der Waals surface area (Å²) < 4.78 is 1.74. The number of aromatic nitrogens is 2. The van der Waals surface area contributed by atoms with Crippen molar-refractivity contribution in [2.45, 2.75) is 6.54 Å². The minimum atomic E-state index is 0.154. The molecule has 1 aromatic heterocycles. The standard InChI is InChI=1S/C9H15N3OS/c1-11(9(13)7-14-3)5-8-4-10-12(2)6-8/h4,6H,5,7H2,1-3H3. The Balaban J connectivity index is 2.48. The van der Waals surface area contributed by atoms with Crippen molar-refractivity contribution in [2.75, 3.05) is 19.1 Å². The van der Waals surface area contributed by atoms with Gasteiger partial charge in [-0.15, -0.1) is 0 Å². The van der Waals surface area contributed by atoms with Crippen molar-refractivity contribution in [3.05, 3.63) is 18.0 Å². The van der Waals surface area contributed by atoms with Gasteiger partial charge in [0.1, 0.15) is 0 Å². The molecule has 0 aliphatic heterocycles. The number of aryl methyl sites for hydroxylation is 1. The zero-order chi connectivity index (χ0) is 10.6. The van der Waals surface area contributed by atoms with Gasteiger partial charge >= 0.3 is 0 Å². The lowest BCUT2D eigenvalue weighted by Gasteiger charge is -2.15. The normalized spacial score (nSPS) is 10.2. The van der Waals surface area contributed by atoms with Crippen molar-refractivity contribution >= 4 is 17.7 Å². The van der Waals surface area contributed by atoms with Gasteiger partial charge in [0.05, 0.1) is 11.9 Å². The number of rotatable bonds is 4. The summed E-state index contributed by atoms with van der Waals surface area (Å²) in [5.74, 6) is 0.692. The maximum Gasteiger partial charge on any atom is 0.232 e. The molecule has 78 valence electrons. The van der Waals surface area contributed by atoms with Crippen molar-refractivity contribution in [2.24, 2.45) is 7.05 Å². The van der Waals surface area contributed by atoms with E-state index in [4.69, 9.17) is 0 Å². The summed E-state index contributed by atoms with van der Waals surface area (Å²) in [4.78, 5) is 13.1. The fourth-order valence-corrected chi connectivity index (χ4v) is 1.62. The van der Waals surface area contributed by atoms with Crippen LogP contribution in [-0.4, -0.2) is 39.6 Å². The van der Waals surface area contributed by atoms with E-state index in [-0.39, 0.29) is 5.91 Å². The second-order valence-corrected chi connectivity index (χ2v) is 4.07. The number of amides is 1. The van der Waals surface area contributed by atoms with Gasteiger partial charge in [-0.1, -0.05) is 0 Å². The Kier molecular flexibility index (Phi) is 4.00. The lowest BCUT2D eigenvalue weighted by atomic mass is 10.3. The molecule has 1 amide bonds. The first-order valence-corrected chi connectivity index (χ1v) is 5.73. The quantitative estimate of drug-likeness (QED) is 0.740. The molecule has 0 bridgehead atoms. The van der Waals surface area contributed by atoms with Crippen molar-refractivity contribution in [3.8, 4) is 0 Å². The maximum atomic E-state index is 11.4. The molecule has 0 N–H and O–H groups in total. The van der Waals surface area contributed by atoms with E-state index in [0.29, 0.717) is 12.3 Å². The van der Waals surface area contributed by atoms with Gasteiger partial charge in [0.25, 0.3) is 0 Å². The zero-order valence-electron chi connectivity index (χ0n) is 8.73. The lowest BCUT2D eigenvalue weighted by Crippen LogP contribution is -2.27. The number of thioether (sulfide) groups is 1. The third-order valence-corrected chi connectivity index (χ3v) is 2.41. The topological polar surface area (TPSA) is 38.1 Å². The summed E-state index contributed by atoms with van der Waals surface area (Å²) in [7, 11) is 3.68. The molecule has 4 nitrogen and oxygen atoms in total. The Morgan fingerprint density at radius 1 is 1.71 bits per heavy atom. The highest BCUT2D eigenvalue weighted by Crippen LogP contribution is 2.03. The minimum absolute atomic E-state index is 0.154. The van der Waals surface area contributed by atoms with E-state index < -0.39 is 0 Å². The molecule has 0 spiro atoms. The fraction of sp³-hybridized carbons (Fsp3) is 0.556. The van der Waals surface area contributed by atoms with Gasteiger partial charge in [0, 0.05) is 32.4 Å². The van der Waals surface area contributed by atoms with Gasteiger partial charge in [0.15, 0.2) is 0 Å². The number of carbonyl (C=O) groups excluding carboxylic acids is 1. The van der Waals surface area contributed by atoms with E-state index in [1.54, 1.807) is 27.5 Å². The molecule has 1 rings (SSSR count). The number of carbonyl (C=O) groups is 1. The molecule has 0 unspecified atom stereocenters. The van der Waals surface area contributed by atoms with E-state index >= 15 is 0 Å². The third-order valence-electron chi connectivity index (χ3n) is 1.87. The van der Waals surface area contributed by atoms with E-state index in [9.17, 15) is 4.79 Å². The van der Waals surface area contributed by atoms with Crippen molar-refractivity contribution < 1.29 is 4.79 Å². The van der Waals surface area contributed by atoms with Crippen LogP contribution in [0.25, 0.3) is 0 Å². The first-order valence-electron chi connectivity index (χ1n) is 4.34. The minimum Gasteiger partial charge on any atom is -0.341 e. The molecule has 5 heteroatoms. The number of nitrogens with zero attached hydrogens (tertiary/aromatic N) is 3. The van der Waals surface area contributed by atoms with Gasteiger partial charge in [-0.3, -0.25) is 9.48 Å². The Labute approximate surface area is 88.3 Å². The largest absolute Gasteiger partial charge is 0.341 e. The summed E-state index contributed by atoms with van der Waals surface area (Å²) >= 11 is 1.54. The van der Waals surface area contributed by atoms with Gasteiger partial charge < -0.3 is 4.90 Å². The molecule has 0 aliphatic rings. The molecular weight excluding hydrogens is 198 g/mol. The molecule has 0 fully saturated rings. The second kappa shape index (κ2) is 5.05. The van der Waals surface area contributed by atoms with Gasteiger partial charge in [0.2, 0.25) is 5.91 Å². The Morgan fingerprint density at radius 2 is 2.43 bits per heavy atom. The average Bonchev–Trinajstić information content (AvgIpc) is 2.51. The molecule has 0 radical (unpaired) electrons. The third kappa shape index (κ3) is 3.06. The molecule has 1 heterocycles. The molecule has 0 atom stereocenters. The monoisotopic (exact) mass is 213 g/mol. The summed E-state index contributed by atoms with van der Waals surface area (Å²) in [6.45, 7) is 0.632. The highest BCUT2D eigenvalue weighted by Gasteiger charge is 2.08. The summed E-state index contributed by atoms with van der Waals surface area (Å²) in [6.07, 6.45) is 5.63. The van der Waals surface area contributed by atoms with Crippen LogP contribution in [0.2, 0.25) is 0 Å². The van der Waals surface area contributed by atoms with Crippen LogP contribution < -0.4 is 0 Å². The van der Waals surface area contributed by atoms with Crippen LogP contribution in [0.15, 0.2) is 12.4 Å². The van der Waals surface area contributed by atoms with Crippen LogP contribution in [0, 0.1) is 0 Å². The van der Waals surface area contributed by atoms with Crippen LogP contribution in [0.5, 0.6) is 0 Å². The summed E-state index contributed by atoms with van der Waals surface area (Å²) in [5.41, 5.74) is 1.06. The highest BCUT2D eigenvalue weighted by atomic mass is 32.2. The Hall–Kier alpha value is -0.970. The first-order chi connectivity index (χ1) is 6.63. The van der Waals surface area contributed by atoms with Crippen LogP contribution in [-0.2, 0) is 18.4 Å². The summed E-state index contributed by atoms with van der Waals surface area (Å²) in [6, 6.07) is 0. The van der Waals surface area contributed by atoms with Crippen LogP contribution in [0.1, 0.15) is 5.56 Å². The van der Waals surface area contributed by atoms with Crippen molar-refractivity contribution in [1.29, 1.82) is 0 Å². The van der Waals surface area contributed by atoms with Crippen LogP contribution >= 0.6 is 11.8 Å². The SMILES string of the molecule is CSCC(=O)N(C)Cc1cnn(C)c1. The first kappa shape index (κ1) is 11.1. The fourth-order valence-electron chi connectivity index (χ4n) is 1.15. The second-order valence-electron chi connectivity index (χ2n) is 3.21. The van der Waals surface area contributed by atoms with Crippen LogP contribution in [0.3, 0.4) is 0 Å². The van der Waals surface area contributed by atoms with E-state index in [2.05, 4.69) is 5.10 Å².